The summed E-state index contributed by atoms with van der Waals surface area (Å²) in [7, 11) is 0. The lowest BCUT2D eigenvalue weighted by atomic mass is 10.2. The summed E-state index contributed by atoms with van der Waals surface area (Å²) >= 11 is 1.48. The van der Waals surface area contributed by atoms with Gasteiger partial charge in [-0.25, -0.2) is 4.98 Å². The summed E-state index contributed by atoms with van der Waals surface area (Å²) in [5, 5.41) is 16.0. The van der Waals surface area contributed by atoms with Crippen molar-refractivity contribution in [2.75, 3.05) is 5.01 Å². The summed E-state index contributed by atoms with van der Waals surface area (Å²) in [5.41, 5.74) is 3.89. The van der Waals surface area contributed by atoms with Crippen LogP contribution in [0, 0.1) is 0 Å². The molecule has 168 valence electrons. The summed E-state index contributed by atoms with van der Waals surface area (Å²) in [6.07, 6.45) is 0. The van der Waals surface area contributed by atoms with Crippen LogP contribution < -0.4 is 5.01 Å². The van der Waals surface area contributed by atoms with E-state index >= 15 is 0 Å². The summed E-state index contributed by atoms with van der Waals surface area (Å²) in [6.45, 7) is 0. The number of azo groups is 1. The number of fused-ring (bicyclic) bond motifs is 2. The molecule has 0 bridgehead atoms. The second kappa shape index (κ2) is 9.28. The average Bonchev–Trinajstić information content (AvgIpc) is 3.53. The number of hydrogen-bond acceptors (Lipinski definition) is 7. The Balaban J connectivity index is 1.47. The molecule has 0 fully saturated rings. The lowest BCUT2D eigenvalue weighted by Gasteiger charge is -2.15. The predicted molar refractivity (Wildman–Crippen MR) is 140 cm³/mol. The molecule has 6 aromatic rings. The molecule has 0 saturated heterocycles. The first-order valence-electron chi connectivity index (χ1n) is 11.0. The first kappa shape index (κ1) is 20.9. The highest BCUT2D eigenvalue weighted by molar-refractivity contribution is 7.21. The van der Waals surface area contributed by atoms with E-state index in [1.54, 1.807) is 5.01 Å². The van der Waals surface area contributed by atoms with Crippen LogP contribution in [0.15, 0.2) is 129 Å². The zero-order chi connectivity index (χ0) is 23.5. The molecule has 0 aliphatic heterocycles. The van der Waals surface area contributed by atoms with Crippen molar-refractivity contribution in [1.82, 2.24) is 9.97 Å². The van der Waals surface area contributed by atoms with E-state index in [9.17, 15) is 0 Å². The molecule has 0 spiro atoms. The quantitative estimate of drug-likeness (QED) is 0.111. The smallest absolute Gasteiger partial charge is 0.324 e. The third-order valence-corrected chi connectivity index (χ3v) is 6.12. The number of benzene rings is 4. The van der Waals surface area contributed by atoms with E-state index < -0.39 is 0 Å². The maximum absolute atomic E-state index is 6.05. The zero-order valence-electron chi connectivity index (χ0n) is 18.4. The molecule has 2 heterocycles. The van der Waals surface area contributed by atoms with Crippen molar-refractivity contribution in [2.45, 2.75) is 0 Å². The van der Waals surface area contributed by atoms with Crippen molar-refractivity contribution in [3.63, 3.8) is 0 Å². The number of thiazole rings is 1. The lowest BCUT2D eigenvalue weighted by Crippen LogP contribution is -2.13. The Hall–Kier alpha value is -4.69. The number of anilines is 2. The van der Waals surface area contributed by atoms with Crippen LogP contribution in [0.2, 0.25) is 0 Å². The van der Waals surface area contributed by atoms with Gasteiger partial charge in [0.05, 0.1) is 15.9 Å². The molecule has 0 N–H and O–H groups in total. The molecule has 8 heteroatoms. The highest BCUT2D eigenvalue weighted by Gasteiger charge is 2.18. The van der Waals surface area contributed by atoms with E-state index in [0.29, 0.717) is 22.6 Å². The van der Waals surface area contributed by atoms with E-state index in [1.807, 2.05) is 109 Å². The highest BCUT2D eigenvalue weighted by Crippen LogP contribution is 2.30. The van der Waals surface area contributed by atoms with Gasteiger partial charge in [-0.3, -0.25) is 0 Å². The molecule has 0 radical (unpaired) electrons. The molecule has 0 aliphatic carbocycles. The minimum Gasteiger partial charge on any atom is -0.422 e. The maximum atomic E-state index is 6.05. The Morgan fingerprint density at radius 1 is 0.714 bits per heavy atom. The van der Waals surface area contributed by atoms with Gasteiger partial charge in [0.25, 0.3) is 0 Å². The summed E-state index contributed by atoms with van der Waals surface area (Å²) < 4.78 is 7.10. The van der Waals surface area contributed by atoms with Gasteiger partial charge in [0.2, 0.25) is 11.0 Å². The Bertz CT molecular complexity index is 1590. The molecule has 2 aromatic heterocycles. The number of amidine groups is 1. The van der Waals surface area contributed by atoms with Crippen LogP contribution in [0.3, 0.4) is 0 Å². The van der Waals surface area contributed by atoms with Gasteiger partial charge in [0.15, 0.2) is 5.58 Å². The van der Waals surface area contributed by atoms with Crippen LogP contribution in [0.25, 0.3) is 21.3 Å². The predicted octanol–water partition coefficient (Wildman–Crippen LogP) is 7.72. The van der Waals surface area contributed by atoms with Crippen molar-refractivity contribution < 1.29 is 4.42 Å². The van der Waals surface area contributed by atoms with Crippen LogP contribution in [0.5, 0.6) is 0 Å². The Labute approximate surface area is 204 Å². The van der Waals surface area contributed by atoms with Crippen molar-refractivity contribution in [2.24, 2.45) is 15.3 Å². The molecule has 0 aliphatic rings. The van der Waals surface area contributed by atoms with E-state index in [1.165, 1.54) is 11.3 Å². The van der Waals surface area contributed by atoms with Crippen LogP contribution in [-0.2, 0) is 0 Å². The molecule has 0 atom stereocenters. The summed E-state index contributed by atoms with van der Waals surface area (Å²) in [5.74, 6) is 0.399. The summed E-state index contributed by atoms with van der Waals surface area (Å²) in [6, 6.07) is 35.2. The monoisotopic (exact) mass is 474 g/mol. The van der Waals surface area contributed by atoms with Crippen molar-refractivity contribution in [1.29, 1.82) is 0 Å². The Morgan fingerprint density at radius 2 is 1.40 bits per heavy atom. The fourth-order valence-electron chi connectivity index (χ4n) is 3.54. The molecule has 0 amide bonds. The van der Waals surface area contributed by atoms with E-state index in [0.717, 1.165) is 27.0 Å². The van der Waals surface area contributed by atoms with Gasteiger partial charge in [-0.05, 0) is 36.4 Å². The van der Waals surface area contributed by atoms with Gasteiger partial charge in [0, 0.05) is 5.56 Å². The van der Waals surface area contributed by atoms with Crippen molar-refractivity contribution in [3.8, 4) is 0 Å². The van der Waals surface area contributed by atoms with Crippen molar-refractivity contribution >= 4 is 55.3 Å². The Morgan fingerprint density at radius 3 is 2.17 bits per heavy atom. The van der Waals surface area contributed by atoms with Crippen LogP contribution in [0.4, 0.5) is 16.8 Å². The topological polar surface area (TPSA) is 79.2 Å². The van der Waals surface area contributed by atoms with Gasteiger partial charge in [-0.15, -0.1) is 15.3 Å². The van der Waals surface area contributed by atoms with Crippen molar-refractivity contribution in [3.05, 3.63) is 115 Å². The number of hydrogen-bond donors (Lipinski definition) is 0. The van der Waals surface area contributed by atoms with Crippen LogP contribution >= 0.6 is 11.3 Å². The Kier molecular flexibility index (Phi) is 5.54. The number of rotatable bonds is 5. The fraction of sp³-hybridized carbons (Fsp3) is 0. The largest absolute Gasteiger partial charge is 0.422 e. The molecule has 4 aromatic carbocycles. The maximum Gasteiger partial charge on any atom is 0.324 e. The van der Waals surface area contributed by atoms with E-state index in [2.05, 4.69) is 20.2 Å². The molecule has 0 unspecified atom stereocenters. The number of aromatic nitrogens is 2. The number of para-hydroxylation sites is 4. The molecule has 6 rings (SSSR count). The molecule has 0 saturated carbocycles. The van der Waals surface area contributed by atoms with Gasteiger partial charge in [-0.1, -0.05) is 84.1 Å². The highest BCUT2D eigenvalue weighted by atomic mass is 32.1. The third kappa shape index (κ3) is 4.42. The second-order valence-electron chi connectivity index (χ2n) is 7.57. The SMILES string of the molecule is c1ccc(C(N=Nc2nc3ccccc3s2)=NN(c2ccccc2)c2nc3ccccc3o2)cc1. The first-order valence-corrected chi connectivity index (χ1v) is 11.8. The van der Waals surface area contributed by atoms with Gasteiger partial charge in [0.1, 0.15) is 5.52 Å². The van der Waals surface area contributed by atoms with Crippen LogP contribution in [0.1, 0.15) is 5.56 Å². The summed E-state index contributed by atoms with van der Waals surface area (Å²) in [4.78, 5) is 9.21. The van der Waals surface area contributed by atoms with E-state index in [-0.39, 0.29) is 0 Å². The third-order valence-electron chi connectivity index (χ3n) is 5.20. The number of nitrogens with zero attached hydrogens (tertiary/aromatic N) is 6. The average molecular weight is 475 g/mol. The van der Waals surface area contributed by atoms with E-state index in [4.69, 9.17) is 9.52 Å². The number of oxazole rings is 1. The van der Waals surface area contributed by atoms with Crippen LogP contribution in [-0.4, -0.2) is 15.8 Å². The lowest BCUT2D eigenvalue weighted by molar-refractivity contribution is 0.596. The molecule has 35 heavy (non-hydrogen) atoms. The minimum absolute atomic E-state index is 0.334. The molecular formula is C27H18N6OS. The standard InChI is InChI=1S/C27H18N6OS/c1-3-11-19(12-4-1)25(30-31-26-28-22-16-8-10-18-24(22)35-26)32-33(20-13-5-2-6-14-20)27-29-21-15-7-9-17-23(21)34-27/h1-18H. The fourth-order valence-corrected chi connectivity index (χ4v) is 4.33. The molecule has 7 nitrogen and oxygen atoms in total. The number of hydrazone groups is 1. The molecular weight excluding hydrogens is 456 g/mol. The van der Waals surface area contributed by atoms with Gasteiger partial charge in [-0.2, -0.15) is 9.99 Å². The first-order chi connectivity index (χ1) is 17.3. The second-order valence-corrected chi connectivity index (χ2v) is 8.57. The van der Waals surface area contributed by atoms with Gasteiger partial charge >= 0.3 is 6.01 Å². The normalized spacial score (nSPS) is 12.1. The minimum atomic E-state index is 0.334. The zero-order valence-corrected chi connectivity index (χ0v) is 19.2. The van der Waals surface area contributed by atoms with Gasteiger partial charge < -0.3 is 4.42 Å².